The molecule has 174 valence electrons. The molecule has 0 aromatic heterocycles. The summed E-state index contributed by atoms with van der Waals surface area (Å²) < 4.78 is 5.26. The van der Waals surface area contributed by atoms with Crippen molar-refractivity contribution in [3.05, 3.63) is 35.9 Å². The molecule has 1 atom stereocenters. The third-order valence-corrected chi connectivity index (χ3v) is 5.94. The topological polar surface area (TPSA) is 58.6 Å². The fourth-order valence-corrected chi connectivity index (χ4v) is 4.18. The Morgan fingerprint density at radius 1 is 1.03 bits per heavy atom. The van der Waals surface area contributed by atoms with Crippen molar-refractivity contribution >= 4 is 12.0 Å². The van der Waals surface area contributed by atoms with Gasteiger partial charge < -0.3 is 15.0 Å². The molecule has 2 fully saturated rings. The number of benzene rings is 1. The smallest absolute Gasteiger partial charge is 0.410 e. The number of carbonyl (C=O) groups excluding carboxylic acids is 2. The van der Waals surface area contributed by atoms with Gasteiger partial charge in [-0.1, -0.05) is 56.0 Å². The van der Waals surface area contributed by atoms with Crippen LogP contribution in [0.25, 0.3) is 0 Å². The number of hydrogen-bond donors (Lipinski definition) is 1. The van der Waals surface area contributed by atoms with E-state index in [9.17, 15) is 9.59 Å². The lowest BCUT2D eigenvalue weighted by Gasteiger charge is -2.29. The Kier molecular flexibility index (Phi) is 10.4. The normalized spacial score (nSPS) is 18.0. The van der Waals surface area contributed by atoms with E-state index in [0.29, 0.717) is 6.42 Å². The highest BCUT2D eigenvalue weighted by molar-refractivity contribution is 5.76. The molecule has 31 heavy (non-hydrogen) atoms. The Balaban J connectivity index is 0.000000233. The summed E-state index contributed by atoms with van der Waals surface area (Å²) >= 11 is 0. The molecule has 1 aliphatic heterocycles. The van der Waals surface area contributed by atoms with Gasteiger partial charge in [-0.25, -0.2) is 4.79 Å². The third-order valence-electron chi connectivity index (χ3n) is 5.94. The standard InChI is InChI=1S/C16H23NO.C10H19NO2/c1-13(15-9-3-2-4-10-15)17-16(18)12-11-14-7-5-6-8-14;1-10(2,3)13-9(12)11-7-5-4-6-8-11/h2-4,9-10,13-14H,5-8,11-12H2,1H3,(H,17,18);4-8H2,1-3H3. The molecule has 2 amide bonds. The predicted octanol–water partition coefficient (Wildman–Crippen LogP) is 6.24. The number of carbonyl (C=O) groups is 2. The van der Waals surface area contributed by atoms with E-state index in [2.05, 4.69) is 17.4 Å². The first-order valence-electron chi connectivity index (χ1n) is 12.1. The van der Waals surface area contributed by atoms with Crippen molar-refractivity contribution in [1.82, 2.24) is 10.2 Å². The second-order valence-electron chi connectivity index (χ2n) is 9.92. The molecular formula is C26H42N2O3. The van der Waals surface area contributed by atoms with E-state index in [1.165, 1.54) is 37.7 Å². The molecule has 1 aromatic rings. The molecule has 1 saturated heterocycles. The molecule has 0 spiro atoms. The minimum absolute atomic E-state index is 0.113. The summed E-state index contributed by atoms with van der Waals surface area (Å²) in [5.74, 6) is 0.987. The van der Waals surface area contributed by atoms with E-state index >= 15 is 0 Å². The van der Waals surface area contributed by atoms with Crippen molar-refractivity contribution in [2.75, 3.05) is 13.1 Å². The number of piperidine rings is 1. The van der Waals surface area contributed by atoms with Crippen LogP contribution in [0.4, 0.5) is 4.79 Å². The molecule has 5 nitrogen and oxygen atoms in total. The molecule has 3 rings (SSSR count). The molecule has 5 heteroatoms. The van der Waals surface area contributed by atoms with Gasteiger partial charge in [0.1, 0.15) is 5.60 Å². The predicted molar refractivity (Wildman–Crippen MR) is 126 cm³/mol. The van der Waals surface area contributed by atoms with Crippen LogP contribution in [0, 0.1) is 5.92 Å². The van der Waals surface area contributed by atoms with Gasteiger partial charge in [0.15, 0.2) is 0 Å². The lowest BCUT2D eigenvalue weighted by Crippen LogP contribution is -2.39. The molecule has 0 radical (unpaired) electrons. The molecular weight excluding hydrogens is 388 g/mol. The molecule has 1 heterocycles. The van der Waals surface area contributed by atoms with Gasteiger partial charge in [0.05, 0.1) is 6.04 Å². The first-order chi connectivity index (χ1) is 14.7. The summed E-state index contributed by atoms with van der Waals surface area (Å²) in [4.78, 5) is 25.2. The zero-order valence-electron chi connectivity index (χ0n) is 20.0. The SMILES string of the molecule is CC(C)(C)OC(=O)N1CCCCC1.CC(NC(=O)CCC1CCCC1)c1ccccc1. The van der Waals surface area contributed by atoms with Gasteiger partial charge in [0.25, 0.3) is 0 Å². The molecule has 1 unspecified atom stereocenters. The highest BCUT2D eigenvalue weighted by Crippen LogP contribution is 2.28. The van der Waals surface area contributed by atoms with Crippen LogP contribution in [-0.4, -0.2) is 35.6 Å². The van der Waals surface area contributed by atoms with Gasteiger partial charge in [-0.15, -0.1) is 0 Å². The molecule has 0 bridgehead atoms. The Morgan fingerprint density at radius 2 is 1.65 bits per heavy atom. The lowest BCUT2D eigenvalue weighted by atomic mass is 10.0. The van der Waals surface area contributed by atoms with Crippen LogP contribution in [0.3, 0.4) is 0 Å². The van der Waals surface area contributed by atoms with E-state index in [1.807, 2.05) is 45.9 Å². The maximum Gasteiger partial charge on any atom is 0.410 e. The van der Waals surface area contributed by atoms with Crippen molar-refractivity contribution in [3.8, 4) is 0 Å². The summed E-state index contributed by atoms with van der Waals surface area (Å²) in [6.07, 6.45) is 10.4. The average Bonchev–Trinajstić information content (AvgIpc) is 3.26. The zero-order valence-corrected chi connectivity index (χ0v) is 20.0. The van der Waals surface area contributed by atoms with Crippen molar-refractivity contribution < 1.29 is 14.3 Å². The molecule has 1 N–H and O–H groups in total. The van der Waals surface area contributed by atoms with Crippen LogP contribution in [0.15, 0.2) is 30.3 Å². The van der Waals surface area contributed by atoms with Crippen LogP contribution < -0.4 is 5.32 Å². The van der Waals surface area contributed by atoms with Gasteiger partial charge in [-0.2, -0.15) is 0 Å². The molecule has 1 saturated carbocycles. The Labute approximate surface area is 188 Å². The number of ether oxygens (including phenoxy) is 1. The van der Waals surface area contributed by atoms with Gasteiger partial charge in [-0.05, 0) is 64.9 Å². The number of nitrogens with one attached hydrogen (secondary N) is 1. The van der Waals surface area contributed by atoms with Gasteiger partial charge in [-0.3, -0.25) is 4.79 Å². The van der Waals surface area contributed by atoms with Crippen molar-refractivity contribution in [3.63, 3.8) is 0 Å². The fraction of sp³-hybridized carbons (Fsp3) is 0.692. The van der Waals surface area contributed by atoms with Crippen molar-refractivity contribution in [2.24, 2.45) is 5.92 Å². The summed E-state index contributed by atoms with van der Waals surface area (Å²) in [5.41, 5.74) is 0.806. The molecule has 1 aromatic carbocycles. The maximum atomic E-state index is 11.9. The van der Waals surface area contributed by atoms with Crippen LogP contribution >= 0.6 is 0 Å². The Bertz CT molecular complexity index is 657. The number of rotatable bonds is 5. The van der Waals surface area contributed by atoms with E-state index in [4.69, 9.17) is 4.74 Å². The first-order valence-corrected chi connectivity index (χ1v) is 12.1. The summed E-state index contributed by atoms with van der Waals surface area (Å²) in [5, 5.41) is 3.08. The average molecular weight is 431 g/mol. The highest BCUT2D eigenvalue weighted by atomic mass is 16.6. The number of amides is 2. The lowest BCUT2D eigenvalue weighted by molar-refractivity contribution is -0.122. The van der Waals surface area contributed by atoms with E-state index < -0.39 is 0 Å². The minimum atomic E-state index is -0.367. The number of likely N-dealkylation sites (tertiary alicyclic amines) is 1. The van der Waals surface area contributed by atoms with Crippen LogP contribution in [0.2, 0.25) is 0 Å². The Hall–Kier alpha value is -2.04. The third kappa shape index (κ3) is 10.2. The number of hydrogen-bond acceptors (Lipinski definition) is 3. The van der Waals surface area contributed by atoms with E-state index in [1.54, 1.807) is 4.90 Å². The van der Waals surface area contributed by atoms with E-state index in [0.717, 1.165) is 38.3 Å². The highest BCUT2D eigenvalue weighted by Gasteiger charge is 2.23. The van der Waals surface area contributed by atoms with Gasteiger partial charge in [0, 0.05) is 19.5 Å². The second kappa shape index (κ2) is 12.7. The monoisotopic (exact) mass is 430 g/mol. The van der Waals surface area contributed by atoms with Crippen molar-refractivity contribution in [1.29, 1.82) is 0 Å². The number of nitrogens with zero attached hydrogens (tertiary/aromatic N) is 1. The van der Waals surface area contributed by atoms with E-state index in [-0.39, 0.29) is 23.6 Å². The fourth-order valence-electron chi connectivity index (χ4n) is 4.18. The maximum absolute atomic E-state index is 11.9. The minimum Gasteiger partial charge on any atom is -0.444 e. The largest absolute Gasteiger partial charge is 0.444 e. The van der Waals surface area contributed by atoms with Crippen LogP contribution in [0.1, 0.15) is 97.1 Å². The molecule has 1 aliphatic carbocycles. The van der Waals surface area contributed by atoms with Gasteiger partial charge >= 0.3 is 6.09 Å². The summed E-state index contributed by atoms with van der Waals surface area (Å²) in [6.45, 7) is 9.45. The van der Waals surface area contributed by atoms with Crippen LogP contribution in [-0.2, 0) is 9.53 Å². The van der Waals surface area contributed by atoms with Crippen molar-refractivity contribution in [2.45, 2.75) is 97.1 Å². The summed E-state index contributed by atoms with van der Waals surface area (Å²) in [7, 11) is 0. The zero-order chi connectivity index (χ0) is 22.7. The van der Waals surface area contributed by atoms with Crippen LogP contribution in [0.5, 0.6) is 0 Å². The van der Waals surface area contributed by atoms with Gasteiger partial charge in [0.2, 0.25) is 5.91 Å². The molecule has 2 aliphatic rings. The summed E-state index contributed by atoms with van der Waals surface area (Å²) in [6, 6.07) is 10.2. The second-order valence-corrected chi connectivity index (χ2v) is 9.92. The first kappa shape index (κ1) is 25.2. The quantitative estimate of drug-likeness (QED) is 0.601. The Morgan fingerprint density at radius 3 is 2.23 bits per heavy atom.